The summed E-state index contributed by atoms with van der Waals surface area (Å²) in [5.74, 6) is -1.11. The Morgan fingerprint density at radius 1 is 1.42 bits per heavy atom. The van der Waals surface area contributed by atoms with E-state index < -0.39 is 22.0 Å². The van der Waals surface area contributed by atoms with Crippen LogP contribution in [0.2, 0.25) is 0 Å². The predicted octanol–water partition coefficient (Wildman–Crippen LogP) is 1.63. The van der Waals surface area contributed by atoms with Gasteiger partial charge in [0.15, 0.2) is 0 Å². The lowest BCUT2D eigenvalue weighted by Crippen LogP contribution is -2.43. The third kappa shape index (κ3) is 2.58. The molecule has 1 aliphatic heterocycles. The Bertz CT molecular complexity index is 582. The number of hydrogen-bond donors (Lipinski definition) is 1. The van der Waals surface area contributed by atoms with Crippen molar-refractivity contribution in [3.8, 4) is 0 Å². The number of benzene rings is 1. The first-order valence-electron chi connectivity index (χ1n) is 6.30. The van der Waals surface area contributed by atoms with Crippen molar-refractivity contribution in [2.24, 2.45) is 0 Å². The fourth-order valence-electron chi connectivity index (χ4n) is 2.31. The van der Waals surface area contributed by atoms with Crippen LogP contribution in [0.5, 0.6) is 0 Å². The van der Waals surface area contributed by atoms with E-state index in [4.69, 9.17) is 0 Å². The summed E-state index contributed by atoms with van der Waals surface area (Å²) in [4.78, 5) is 11.3. The van der Waals surface area contributed by atoms with Gasteiger partial charge in [0.25, 0.3) is 0 Å². The predicted molar refractivity (Wildman–Crippen MR) is 72.7 cm³/mol. The molecule has 0 spiro atoms. The molecule has 1 aliphatic rings. The number of unbranched alkanes of at least 4 members (excludes halogenated alkanes) is 1. The van der Waals surface area contributed by atoms with E-state index in [1.54, 1.807) is 24.3 Å². The molecule has 1 N–H and O–H groups in total. The lowest BCUT2D eigenvalue weighted by molar-refractivity contribution is -0.138. The van der Waals surface area contributed by atoms with Crippen LogP contribution in [0.25, 0.3) is 0 Å². The number of fused-ring (bicyclic) bond motifs is 1. The summed E-state index contributed by atoms with van der Waals surface area (Å²) in [5, 5.41) is 9.24. The lowest BCUT2D eigenvalue weighted by atomic mass is 10.1. The highest BCUT2D eigenvalue weighted by Crippen LogP contribution is 2.34. The normalized spacial score (nSPS) is 18.4. The minimum absolute atomic E-state index is 0.0123. The number of anilines is 1. The fourth-order valence-corrected chi connectivity index (χ4v) is 4.19. The maximum absolute atomic E-state index is 12.3. The molecule has 0 unspecified atom stereocenters. The quantitative estimate of drug-likeness (QED) is 0.891. The summed E-state index contributed by atoms with van der Waals surface area (Å²) in [6, 6.07) is 5.95. The molecule has 0 saturated carbocycles. The van der Waals surface area contributed by atoms with Gasteiger partial charge in [0, 0.05) is 6.42 Å². The summed E-state index contributed by atoms with van der Waals surface area (Å²) in [7, 11) is -3.58. The zero-order valence-corrected chi connectivity index (χ0v) is 11.6. The van der Waals surface area contributed by atoms with E-state index in [9.17, 15) is 18.3 Å². The molecule has 1 aromatic rings. The molecule has 0 bridgehead atoms. The van der Waals surface area contributed by atoms with Gasteiger partial charge in [-0.25, -0.2) is 13.2 Å². The number of para-hydroxylation sites is 1. The molecule has 1 heterocycles. The molecule has 1 atom stereocenters. The first kappa shape index (κ1) is 13.9. The van der Waals surface area contributed by atoms with Crippen LogP contribution in [0.15, 0.2) is 24.3 Å². The Morgan fingerprint density at radius 2 is 2.11 bits per heavy atom. The van der Waals surface area contributed by atoms with Crippen LogP contribution in [0.1, 0.15) is 25.3 Å². The molecule has 0 fully saturated rings. The molecule has 6 heteroatoms. The largest absolute Gasteiger partial charge is 0.480 e. The zero-order valence-electron chi connectivity index (χ0n) is 10.7. The molecule has 0 radical (unpaired) electrons. The van der Waals surface area contributed by atoms with Crippen molar-refractivity contribution in [3.05, 3.63) is 29.8 Å². The monoisotopic (exact) mass is 283 g/mol. The van der Waals surface area contributed by atoms with Crippen LogP contribution in [0.3, 0.4) is 0 Å². The van der Waals surface area contributed by atoms with Crippen molar-refractivity contribution in [2.75, 3.05) is 10.1 Å². The highest BCUT2D eigenvalue weighted by atomic mass is 32.2. The molecule has 0 saturated heterocycles. The van der Waals surface area contributed by atoms with Crippen LogP contribution in [-0.4, -0.2) is 31.3 Å². The smallest absolute Gasteiger partial charge is 0.327 e. The number of carbonyl (C=O) groups is 1. The van der Waals surface area contributed by atoms with Crippen molar-refractivity contribution < 1.29 is 18.3 Å². The zero-order chi connectivity index (χ0) is 14.0. The van der Waals surface area contributed by atoms with Gasteiger partial charge in [0.2, 0.25) is 10.0 Å². The Kier molecular flexibility index (Phi) is 3.80. The number of carboxylic acid groups (broad SMARTS) is 1. The number of sulfonamides is 1. The van der Waals surface area contributed by atoms with Gasteiger partial charge in [-0.05, 0) is 18.1 Å². The average molecular weight is 283 g/mol. The molecule has 104 valence electrons. The summed E-state index contributed by atoms with van der Waals surface area (Å²) in [6.45, 7) is 1.90. The van der Waals surface area contributed by atoms with E-state index in [0.29, 0.717) is 12.1 Å². The van der Waals surface area contributed by atoms with Crippen molar-refractivity contribution in [3.63, 3.8) is 0 Å². The third-order valence-corrected chi connectivity index (χ3v) is 5.12. The molecule has 1 aromatic carbocycles. The highest BCUT2D eigenvalue weighted by molar-refractivity contribution is 7.92. The fraction of sp³-hybridized carbons (Fsp3) is 0.462. The summed E-state index contributed by atoms with van der Waals surface area (Å²) in [5.41, 5.74) is 1.28. The van der Waals surface area contributed by atoms with Crippen molar-refractivity contribution in [1.29, 1.82) is 0 Å². The van der Waals surface area contributed by atoms with Gasteiger partial charge in [0.05, 0.1) is 11.4 Å². The number of rotatable bonds is 5. The summed E-state index contributed by atoms with van der Waals surface area (Å²) < 4.78 is 25.7. The van der Waals surface area contributed by atoms with Crippen LogP contribution < -0.4 is 4.31 Å². The second-order valence-electron chi connectivity index (χ2n) is 4.65. The molecule has 19 heavy (non-hydrogen) atoms. The maximum Gasteiger partial charge on any atom is 0.327 e. The molecule has 2 rings (SSSR count). The van der Waals surface area contributed by atoms with E-state index in [1.165, 1.54) is 0 Å². The Labute approximate surface area is 112 Å². The minimum atomic E-state index is -3.58. The van der Waals surface area contributed by atoms with Crippen LogP contribution in [0.4, 0.5) is 5.69 Å². The molecular weight excluding hydrogens is 266 g/mol. The molecule has 0 aromatic heterocycles. The molecule has 0 amide bonds. The second kappa shape index (κ2) is 5.21. The number of hydrogen-bond acceptors (Lipinski definition) is 3. The van der Waals surface area contributed by atoms with Crippen molar-refractivity contribution in [2.45, 2.75) is 32.2 Å². The number of carboxylic acids is 1. The Hall–Kier alpha value is -1.56. The van der Waals surface area contributed by atoms with E-state index in [-0.39, 0.29) is 12.2 Å². The Morgan fingerprint density at radius 3 is 2.74 bits per heavy atom. The SMILES string of the molecule is CCCCS(=O)(=O)N1c2ccccc2C[C@H]1C(=O)O. The standard InChI is InChI=1S/C13H17NO4S/c1-2-3-8-19(17,18)14-11-7-5-4-6-10(11)9-12(14)13(15)16/h4-7,12H,2-3,8-9H2,1H3,(H,15,16)/t12-/m0/s1. The highest BCUT2D eigenvalue weighted by Gasteiger charge is 2.40. The van der Waals surface area contributed by atoms with E-state index in [0.717, 1.165) is 16.3 Å². The van der Waals surface area contributed by atoms with Crippen molar-refractivity contribution >= 4 is 21.7 Å². The van der Waals surface area contributed by atoms with Crippen LogP contribution >= 0.6 is 0 Å². The van der Waals surface area contributed by atoms with Gasteiger partial charge in [-0.1, -0.05) is 31.5 Å². The lowest BCUT2D eigenvalue weighted by Gasteiger charge is -2.24. The van der Waals surface area contributed by atoms with Gasteiger partial charge in [-0.2, -0.15) is 0 Å². The summed E-state index contributed by atoms with van der Waals surface area (Å²) >= 11 is 0. The number of nitrogens with zero attached hydrogens (tertiary/aromatic N) is 1. The van der Waals surface area contributed by atoms with E-state index in [2.05, 4.69) is 0 Å². The molecular formula is C13H17NO4S. The molecule has 5 nitrogen and oxygen atoms in total. The first-order chi connectivity index (χ1) is 8.97. The minimum Gasteiger partial charge on any atom is -0.480 e. The van der Waals surface area contributed by atoms with Gasteiger partial charge in [0.1, 0.15) is 6.04 Å². The first-order valence-corrected chi connectivity index (χ1v) is 7.91. The van der Waals surface area contributed by atoms with Gasteiger partial charge in [-0.3, -0.25) is 4.31 Å². The summed E-state index contributed by atoms with van der Waals surface area (Å²) in [6.07, 6.45) is 1.52. The molecule has 0 aliphatic carbocycles. The van der Waals surface area contributed by atoms with E-state index >= 15 is 0 Å². The Balaban J connectivity index is 2.42. The van der Waals surface area contributed by atoms with E-state index in [1.807, 2.05) is 6.92 Å². The van der Waals surface area contributed by atoms with Gasteiger partial charge >= 0.3 is 5.97 Å². The van der Waals surface area contributed by atoms with Gasteiger partial charge < -0.3 is 5.11 Å². The second-order valence-corrected chi connectivity index (χ2v) is 6.62. The average Bonchev–Trinajstić information content (AvgIpc) is 2.76. The van der Waals surface area contributed by atoms with Crippen LogP contribution in [0, 0.1) is 0 Å². The maximum atomic E-state index is 12.3. The van der Waals surface area contributed by atoms with Crippen molar-refractivity contribution in [1.82, 2.24) is 0 Å². The topological polar surface area (TPSA) is 74.7 Å². The number of aliphatic carboxylic acids is 1. The van der Waals surface area contributed by atoms with Gasteiger partial charge in [-0.15, -0.1) is 0 Å². The van der Waals surface area contributed by atoms with Crippen LogP contribution in [-0.2, 0) is 21.2 Å². The third-order valence-electron chi connectivity index (χ3n) is 3.27.